The van der Waals surface area contributed by atoms with Crippen molar-refractivity contribution in [2.75, 3.05) is 13.2 Å². The molecule has 5 heteroatoms. The quantitative estimate of drug-likeness (QED) is 0.748. The van der Waals surface area contributed by atoms with Crippen LogP contribution in [0, 0.1) is 5.92 Å². The molecule has 0 aliphatic rings. The van der Waals surface area contributed by atoms with E-state index in [0.29, 0.717) is 35.9 Å². The molecule has 0 aliphatic carbocycles. The maximum Gasteiger partial charge on any atom is 0.258 e. The van der Waals surface area contributed by atoms with Crippen molar-refractivity contribution in [3.8, 4) is 11.5 Å². The highest BCUT2D eigenvalue weighted by Gasteiger charge is 2.15. The van der Waals surface area contributed by atoms with E-state index < -0.39 is 0 Å². The molecule has 1 aromatic carbocycles. The summed E-state index contributed by atoms with van der Waals surface area (Å²) in [5.74, 6) is 0.892. The van der Waals surface area contributed by atoms with Crippen LogP contribution in [-0.4, -0.2) is 31.4 Å². The van der Waals surface area contributed by atoms with Crippen molar-refractivity contribution in [1.82, 2.24) is 5.32 Å². The molecule has 0 radical (unpaired) electrons. The molecule has 1 rings (SSSR count). The molecular weight excluding hydrogens is 270 g/mol. The van der Waals surface area contributed by atoms with Crippen LogP contribution in [0.1, 0.15) is 38.1 Å². The van der Waals surface area contributed by atoms with E-state index >= 15 is 0 Å². The summed E-state index contributed by atoms with van der Waals surface area (Å²) in [6.45, 7) is 8.14. The van der Waals surface area contributed by atoms with Crippen molar-refractivity contribution in [3.05, 3.63) is 23.8 Å². The molecule has 0 spiro atoms. The van der Waals surface area contributed by atoms with Crippen LogP contribution in [-0.2, 0) is 4.79 Å². The highest BCUT2D eigenvalue weighted by molar-refractivity contribution is 5.82. The Morgan fingerprint density at radius 1 is 1.29 bits per heavy atom. The number of aldehydes is 1. The number of hydrogen-bond donors (Lipinski definition) is 1. The van der Waals surface area contributed by atoms with Crippen LogP contribution in [0.25, 0.3) is 0 Å². The summed E-state index contributed by atoms with van der Waals surface area (Å²) in [4.78, 5) is 22.9. The Labute approximate surface area is 125 Å². The predicted molar refractivity (Wildman–Crippen MR) is 80.9 cm³/mol. The first-order valence-electron chi connectivity index (χ1n) is 7.12. The highest BCUT2D eigenvalue weighted by Crippen LogP contribution is 2.30. The summed E-state index contributed by atoms with van der Waals surface area (Å²) in [5.41, 5.74) is 0.366. The average molecular weight is 293 g/mol. The van der Waals surface area contributed by atoms with E-state index in [-0.39, 0.29) is 18.6 Å². The molecule has 0 bridgehead atoms. The van der Waals surface area contributed by atoms with Gasteiger partial charge in [0.25, 0.3) is 5.91 Å². The molecule has 0 aliphatic heterocycles. The van der Waals surface area contributed by atoms with Gasteiger partial charge in [0.15, 0.2) is 24.4 Å². The van der Waals surface area contributed by atoms with E-state index in [0.717, 1.165) is 0 Å². The van der Waals surface area contributed by atoms with Gasteiger partial charge in [-0.05, 0) is 31.9 Å². The first-order chi connectivity index (χ1) is 9.99. The van der Waals surface area contributed by atoms with Gasteiger partial charge in [0.2, 0.25) is 0 Å². The molecule has 0 aromatic heterocycles. The molecule has 0 fully saturated rings. The summed E-state index contributed by atoms with van der Waals surface area (Å²) in [6.07, 6.45) is 0.687. The fourth-order valence-corrected chi connectivity index (χ4v) is 1.65. The average Bonchev–Trinajstić information content (AvgIpc) is 2.45. The second-order valence-electron chi connectivity index (χ2n) is 5.11. The maximum atomic E-state index is 11.8. The van der Waals surface area contributed by atoms with Crippen molar-refractivity contribution in [2.24, 2.45) is 5.92 Å². The van der Waals surface area contributed by atoms with Crippen LogP contribution in [0.2, 0.25) is 0 Å². The number of amides is 1. The molecule has 0 heterocycles. The standard InChI is InChI=1S/C16H23NO4/c1-5-20-14-8-6-7-13(9-18)16(14)21-10-15(19)17-12(4)11(2)3/h6-9,11-12H,5,10H2,1-4H3,(H,17,19). The summed E-state index contributed by atoms with van der Waals surface area (Å²) in [6, 6.07) is 5.11. The SMILES string of the molecule is CCOc1cccc(C=O)c1OCC(=O)NC(C)C(C)C. The number of carbonyl (C=O) groups is 2. The number of nitrogens with one attached hydrogen (secondary N) is 1. The minimum atomic E-state index is -0.223. The molecule has 1 N–H and O–H groups in total. The third-order valence-corrected chi connectivity index (χ3v) is 3.17. The van der Waals surface area contributed by atoms with Gasteiger partial charge in [0.1, 0.15) is 0 Å². The lowest BCUT2D eigenvalue weighted by Gasteiger charge is -2.18. The Bertz CT molecular complexity index is 485. The smallest absolute Gasteiger partial charge is 0.258 e. The number of para-hydroxylation sites is 1. The first-order valence-corrected chi connectivity index (χ1v) is 7.12. The lowest BCUT2D eigenvalue weighted by Crippen LogP contribution is -2.39. The minimum absolute atomic E-state index is 0.0637. The summed E-state index contributed by atoms with van der Waals surface area (Å²) in [7, 11) is 0. The van der Waals surface area contributed by atoms with E-state index in [2.05, 4.69) is 5.32 Å². The van der Waals surface area contributed by atoms with Gasteiger partial charge in [-0.3, -0.25) is 9.59 Å². The highest BCUT2D eigenvalue weighted by atomic mass is 16.5. The Morgan fingerprint density at radius 2 is 2.00 bits per heavy atom. The minimum Gasteiger partial charge on any atom is -0.490 e. The lowest BCUT2D eigenvalue weighted by molar-refractivity contribution is -0.124. The van der Waals surface area contributed by atoms with Crippen LogP contribution in [0.3, 0.4) is 0 Å². The lowest BCUT2D eigenvalue weighted by atomic mass is 10.1. The van der Waals surface area contributed by atoms with E-state index in [9.17, 15) is 9.59 Å². The molecule has 116 valence electrons. The zero-order valence-corrected chi connectivity index (χ0v) is 13.0. The molecule has 0 saturated carbocycles. The van der Waals surface area contributed by atoms with Gasteiger partial charge in [0, 0.05) is 6.04 Å². The Morgan fingerprint density at radius 3 is 2.57 bits per heavy atom. The third-order valence-electron chi connectivity index (χ3n) is 3.17. The van der Waals surface area contributed by atoms with Crippen molar-refractivity contribution in [2.45, 2.75) is 33.7 Å². The Balaban J connectivity index is 2.73. The maximum absolute atomic E-state index is 11.8. The zero-order chi connectivity index (χ0) is 15.8. The van der Waals surface area contributed by atoms with Crippen molar-refractivity contribution >= 4 is 12.2 Å². The number of rotatable bonds is 8. The van der Waals surface area contributed by atoms with Crippen molar-refractivity contribution in [3.63, 3.8) is 0 Å². The van der Waals surface area contributed by atoms with Gasteiger partial charge >= 0.3 is 0 Å². The second-order valence-corrected chi connectivity index (χ2v) is 5.11. The summed E-state index contributed by atoms with van der Waals surface area (Å²) in [5, 5.41) is 2.85. The van der Waals surface area contributed by atoms with Gasteiger partial charge in [-0.2, -0.15) is 0 Å². The van der Waals surface area contributed by atoms with E-state index in [1.54, 1.807) is 18.2 Å². The number of hydrogen-bond acceptors (Lipinski definition) is 4. The summed E-state index contributed by atoms with van der Waals surface area (Å²) < 4.78 is 10.9. The third kappa shape index (κ3) is 5.10. The van der Waals surface area contributed by atoms with Crippen LogP contribution < -0.4 is 14.8 Å². The summed E-state index contributed by atoms with van der Waals surface area (Å²) >= 11 is 0. The molecule has 1 atom stereocenters. The second kappa shape index (κ2) is 8.29. The predicted octanol–water partition coefficient (Wildman–Crippen LogP) is 2.44. The molecule has 1 unspecified atom stereocenters. The zero-order valence-electron chi connectivity index (χ0n) is 13.0. The molecule has 5 nitrogen and oxygen atoms in total. The Kier molecular flexibility index (Phi) is 6.72. The van der Waals surface area contributed by atoms with Crippen LogP contribution in [0.15, 0.2) is 18.2 Å². The van der Waals surface area contributed by atoms with Crippen molar-refractivity contribution in [1.29, 1.82) is 0 Å². The van der Waals surface area contributed by atoms with Gasteiger partial charge < -0.3 is 14.8 Å². The molecular formula is C16H23NO4. The van der Waals surface area contributed by atoms with Gasteiger partial charge in [-0.1, -0.05) is 19.9 Å². The molecule has 1 aromatic rings. The van der Waals surface area contributed by atoms with Gasteiger partial charge in [-0.15, -0.1) is 0 Å². The first kappa shape index (κ1) is 17.0. The van der Waals surface area contributed by atoms with Crippen molar-refractivity contribution < 1.29 is 19.1 Å². The fourth-order valence-electron chi connectivity index (χ4n) is 1.65. The normalized spacial score (nSPS) is 11.9. The monoisotopic (exact) mass is 293 g/mol. The van der Waals surface area contributed by atoms with E-state index in [4.69, 9.17) is 9.47 Å². The molecule has 1 amide bonds. The Hall–Kier alpha value is -2.04. The number of ether oxygens (including phenoxy) is 2. The topological polar surface area (TPSA) is 64.6 Å². The van der Waals surface area contributed by atoms with Crippen LogP contribution in [0.5, 0.6) is 11.5 Å². The van der Waals surface area contributed by atoms with Gasteiger partial charge in [0.05, 0.1) is 12.2 Å². The van der Waals surface area contributed by atoms with E-state index in [1.807, 2.05) is 27.7 Å². The molecule has 0 saturated heterocycles. The molecule has 21 heavy (non-hydrogen) atoms. The number of carbonyl (C=O) groups excluding carboxylic acids is 2. The van der Waals surface area contributed by atoms with Crippen LogP contribution >= 0.6 is 0 Å². The number of benzene rings is 1. The van der Waals surface area contributed by atoms with Crippen LogP contribution in [0.4, 0.5) is 0 Å². The van der Waals surface area contributed by atoms with E-state index in [1.165, 1.54) is 0 Å². The van der Waals surface area contributed by atoms with Gasteiger partial charge in [-0.25, -0.2) is 0 Å². The largest absolute Gasteiger partial charge is 0.490 e. The fraction of sp³-hybridized carbons (Fsp3) is 0.500.